The highest BCUT2D eigenvalue weighted by atomic mass is 35.5. The third kappa shape index (κ3) is 3.89. The van der Waals surface area contributed by atoms with Crippen molar-refractivity contribution < 1.29 is 0 Å². The van der Waals surface area contributed by atoms with Crippen molar-refractivity contribution in [3.63, 3.8) is 0 Å². The van der Waals surface area contributed by atoms with Gasteiger partial charge < -0.3 is 10.2 Å². The predicted molar refractivity (Wildman–Crippen MR) is 88.6 cm³/mol. The zero-order valence-corrected chi connectivity index (χ0v) is 13.9. The summed E-state index contributed by atoms with van der Waals surface area (Å²) >= 11 is 6.44. The minimum absolute atomic E-state index is 0.617. The molecule has 1 aromatic carbocycles. The highest BCUT2D eigenvalue weighted by Gasteiger charge is 2.26. The topological polar surface area (TPSA) is 15.3 Å². The summed E-state index contributed by atoms with van der Waals surface area (Å²) in [6, 6.07) is 7.13. The summed E-state index contributed by atoms with van der Waals surface area (Å²) in [4.78, 5) is 2.47. The average molecular weight is 295 g/mol. The number of rotatable bonds is 5. The Labute approximate surface area is 128 Å². The van der Waals surface area contributed by atoms with Gasteiger partial charge in [0.2, 0.25) is 0 Å². The second-order valence-electron chi connectivity index (χ2n) is 6.64. The van der Waals surface area contributed by atoms with Gasteiger partial charge in [0.05, 0.1) is 0 Å². The smallest absolute Gasteiger partial charge is 0.0471 e. The molecule has 0 bridgehead atoms. The molecule has 0 aromatic heterocycles. The molecule has 1 aliphatic heterocycles. The SMILES string of the molecule is CC(C)CNCc1ccc(N2CC(C)CC2C)cc1Cl. The van der Waals surface area contributed by atoms with Crippen LogP contribution in [-0.4, -0.2) is 19.1 Å². The van der Waals surface area contributed by atoms with Crippen LogP contribution in [0.25, 0.3) is 0 Å². The molecule has 2 atom stereocenters. The van der Waals surface area contributed by atoms with Gasteiger partial charge in [-0.2, -0.15) is 0 Å². The standard InChI is InChI=1S/C17H27ClN2/c1-12(2)9-19-10-15-5-6-16(8-17(15)18)20-11-13(3)7-14(20)4/h5-6,8,12-14,19H,7,9-11H2,1-4H3. The summed E-state index contributed by atoms with van der Waals surface area (Å²) in [6.07, 6.45) is 1.27. The van der Waals surface area contributed by atoms with Gasteiger partial charge in [0.1, 0.15) is 0 Å². The van der Waals surface area contributed by atoms with Gasteiger partial charge in [-0.25, -0.2) is 0 Å². The molecule has 0 aliphatic carbocycles. The Morgan fingerprint density at radius 2 is 2.10 bits per heavy atom. The first-order valence-electron chi connectivity index (χ1n) is 7.73. The van der Waals surface area contributed by atoms with Crippen LogP contribution in [-0.2, 0) is 6.54 Å². The van der Waals surface area contributed by atoms with Crippen molar-refractivity contribution in [1.29, 1.82) is 0 Å². The van der Waals surface area contributed by atoms with Gasteiger partial charge in [-0.05, 0) is 49.4 Å². The van der Waals surface area contributed by atoms with E-state index in [0.29, 0.717) is 12.0 Å². The lowest BCUT2D eigenvalue weighted by Crippen LogP contribution is -2.26. The fraction of sp³-hybridized carbons (Fsp3) is 0.647. The second-order valence-corrected chi connectivity index (χ2v) is 7.05. The van der Waals surface area contributed by atoms with E-state index in [4.69, 9.17) is 11.6 Å². The molecule has 0 radical (unpaired) electrons. The van der Waals surface area contributed by atoms with Crippen LogP contribution in [0.5, 0.6) is 0 Å². The lowest BCUT2D eigenvalue weighted by molar-refractivity contribution is 0.552. The van der Waals surface area contributed by atoms with Gasteiger partial charge in [-0.15, -0.1) is 0 Å². The molecule has 2 nitrogen and oxygen atoms in total. The molecule has 112 valence electrons. The van der Waals surface area contributed by atoms with Gasteiger partial charge in [0, 0.05) is 29.8 Å². The molecule has 3 heteroatoms. The van der Waals surface area contributed by atoms with Gasteiger partial charge in [-0.1, -0.05) is 38.4 Å². The first-order valence-corrected chi connectivity index (χ1v) is 8.11. The van der Waals surface area contributed by atoms with Gasteiger partial charge in [0.25, 0.3) is 0 Å². The fourth-order valence-electron chi connectivity index (χ4n) is 3.01. The van der Waals surface area contributed by atoms with Crippen molar-refractivity contribution in [1.82, 2.24) is 5.32 Å². The first-order chi connectivity index (χ1) is 9.47. The molecule has 1 aromatic rings. The van der Waals surface area contributed by atoms with E-state index in [-0.39, 0.29) is 0 Å². The molecule has 1 saturated heterocycles. The quantitative estimate of drug-likeness (QED) is 0.870. The zero-order valence-electron chi connectivity index (χ0n) is 13.1. The predicted octanol–water partition coefficient (Wildman–Crippen LogP) is 4.32. The normalized spacial score (nSPS) is 22.8. The lowest BCUT2D eigenvalue weighted by Gasteiger charge is -2.24. The maximum atomic E-state index is 6.44. The van der Waals surface area contributed by atoms with Crippen LogP contribution in [0.3, 0.4) is 0 Å². The van der Waals surface area contributed by atoms with E-state index in [1.807, 2.05) is 0 Å². The summed E-state index contributed by atoms with van der Waals surface area (Å²) < 4.78 is 0. The molecular weight excluding hydrogens is 268 g/mol. The Morgan fingerprint density at radius 1 is 1.35 bits per heavy atom. The summed E-state index contributed by atoms with van der Waals surface area (Å²) in [5.74, 6) is 1.44. The summed E-state index contributed by atoms with van der Waals surface area (Å²) in [7, 11) is 0. The van der Waals surface area contributed by atoms with E-state index in [0.717, 1.165) is 30.6 Å². The van der Waals surface area contributed by atoms with Crippen LogP contribution in [0.15, 0.2) is 18.2 Å². The van der Waals surface area contributed by atoms with Crippen LogP contribution in [0.2, 0.25) is 5.02 Å². The van der Waals surface area contributed by atoms with E-state index < -0.39 is 0 Å². The summed E-state index contributed by atoms with van der Waals surface area (Å²) in [5.41, 5.74) is 2.45. The Kier molecular flexibility index (Phi) is 5.34. The fourth-order valence-corrected chi connectivity index (χ4v) is 3.26. The number of nitrogens with zero attached hydrogens (tertiary/aromatic N) is 1. The number of halogens is 1. The molecule has 0 amide bonds. The lowest BCUT2D eigenvalue weighted by atomic mass is 10.1. The maximum Gasteiger partial charge on any atom is 0.0471 e. The highest BCUT2D eigenvalue weighted by molar-refractivity contribution is 6.31. The van der Waals surface area contributed by atoms with Crippen molar-refractivity contribution in [3.8, 4) is 0 Å². The monoisotopic (exact) mass is 294 g/mol. The first kappa shape index (κ1) is 15.7. The van der Waals surface area contributed by atoms with Crippen molar-refractivity contribution >= 4 is 17.3 Å². The molecule has 1 heterocycles. The maximum absolute atomic E-state index is 6.44. The highest BCUT2D eigenvalue weighted by Crippen LogP contribution is 2.31. The van der Waals surface area contributed by atoms with Crippen molar-refractivity contribution in [2.75, 3.05) is 18.0 Å². The van der Waals surface area contributed by atoms with Crippen LogP contribution in [0, 0.1) is 11.8 Å². The molecule has 2 unspecified atom stereocenters. The van der Waals surface area contributed by atoms with Crippen molar-refractivity contribution in [3.05, 3.63) is 28.8 Å². The number of benzene rings is 1. The van der Waals surface area contributed by atoms with E-state index in [1.54, 1.807) is 0 Å². The second kappa shape index (κ2) is 6.82. The Balaban J connectivity index is 2.02. The van der Waals surface area contributed by atoms with Crippen molar-refractivity contribution in [2.24, 2.45) is 11.8 Å². The third-order valence-electron chi connectivity index (χ3n) is 4.02. The third-order valence-corrected chi connectivity index (χ3v) is 4.37. The molecule has 0 saturated carbocycles. The molecular formula is C17H27ClN2. The largest absolute Gasteiger partial charge is 0.369 e. The van der Waals surface area contributed by atoms with Gasteiger partial charge in [-0.3, -0.25) is 0 Å². The molecule has 2 rings (SSSR count). The van der Waals surface area contributed by atoms with Crippen LogP contribution < -0.4 is 10.2 Å². The average Bonchev–Trinajstić information content (AvgIpc) is 2.70. The molecule has 1 N–H and O–H groups in total. The van der Waals surface area contributed by atoms with Crippen LogP contribution >= 0.6 is 11.6 Å². The Bertz CT molecular complexity index is 445. The number of nitrogens with one attached hydrogen (secondary N) is 1. The van der Waals surface area contributed by atoms with Crippen LogP contribution in [0.4, 0.5) is 5.69 Å². The van der Waals surface area contributed by atoms with E-state index in [1.165, 1.54) is 17.7 Å². The molecule has 0 spiro atoms. The summed E-state index contributed by atoms with van der Waals surface area (Å²) in [5, 5.41) is 4.33. The summed E-state index contributed by atoms with van der Waals surface area (Å²) in [6.45, 7) is 12.1. The Morgan fingerprint density at radius 3 is 2.65 bits per heavy atom. The zero-order chi connectivity index (χ0) is 14.7. The minimum atomic E-state index is 0.617. The van der Waals surface area contributed by atoms with E-state index in [2.05, 4.69) is 56.1 Å². The molecule has 1 fully saturated rings. The van der Waals surface area contributed by atoms with Gasteiger partial charge in [0.15, 0.2) is 0 Å². The van der Waals surface area contributed by atoms with E-state index >= 15 is 0 Å². The Hall–Kier alpha value is -0.730. The van der Waals surface area contributed by atoms with Crippen LogP contribution in [0.1, 0.15) is 39.7 Å². The molecule has 1 aliphatic rings. The minimum Gasteiger partial charge on any atom is -0.369 e. The van der Waals surface area contributed by atoms with E-state index in [9.17, 15) is 0 Å². The van der Waals surface area contributed by atoms with Crippen molar-refractivity contribution in [2.45, 2.75) is 46.7 Å². The number of hydrogen-bond acceptors (Lipinski definition) is 2. The number of anilines is 1. The number of hydrogen-bond donors (Lipinski definition) is 1. The molecule has 20 heavy (non-hydrogen) atoms. The van der Waals surface area contributed by atoms with Gasteiger partial charge >= 0.3 is 0 Å².